The van der Waals surface area contributed by atoms with E-state index >= 15 is 0 Å². The van der Waals surface area contributed by atoms with E-state index in [1.807, 2.05) is 24.3 Å². The number of halogens is 4. The highest BCUT2D eigenvalue weighted by Gasteiger charge is 2.28. The van der Waals surface area contributed by atoms with Gasteiger partial charge in [-0.3, -0.25) is 0 Å². The fourth-order valence-corrected chi connectivity index (χ4v) is 6.29. The molecule has 0 aromatic heterocycles. The summed E-state index contributed by atoms with van der Waals surface area (Å²) in [6, 6.07) is 12.8. The average Bonchev–Trinajstić information content (AvgIpc) is 3.02. The van der Waals surface area contributed by atoms with Gasteiger partial charge in [-0.25, -0.2) is 27.2 Å². The number of benzene rings is 3. The number of amides is 4. The number of anilines is 2. The molecule has 2 saturated carbocycles. The van der Waals surface area contributed by atoms with Gasteiger partial charge in [0, 0.05) is 37.3 Å². The van der Waals surface area contributed by atoms with Crippen LogP contribution in [0.15, 0.2) is 60.7 Å². The van der Waals surface area contributed by atoms with Gasteiger partial charge in [-0.2, -0.15) is 0 Å². The molecular weight excluding hydrogens is 572 g/mol. The Labute approximate surface area is 255 Å². The summed E-state index contributed by atoms with van der Waals surface area (Å²) in [5.74, 6) is -3.13. The molecule has 2 aliphatic carbocycles. The second-order valence-electron chi connectivity index (χ2n) is 11.8. The van der Waals surface area contributed by atoms with Gasteiger partial charge >= 0.3 is 12.1 Å². The monoisotopic (exact) mass is 610 g/mol. The summed E-state index contributed by atoms with van der Waals surface area (Å²) in [4.78, 5) is 30.4. The molecule has 2 fully saturated rings. The van der Waals surface area contributed by atoms with Crippen molar-refractivity contribution < 1.29 is 27.2 Å². The molecular formula is C34H38F4N4O2. The fraction of sp³-hybridized carbons (Fsp3) is 0.412. The van der Waals surface area contributed by atoms with E-state index in [9.17, 15) is 27.2 Å². The summed E-state index contributed by atoms with van der Waals surface area (Å²) in [7, 11) is 0. The molecule has 0 atom stereocenters. The molecule has 5 rings (SSSR count). The second kappa shape index (κ2) is 14.6. The van der Waals surface area contributed by atoms with E-state index in [1.165, 1.54) is 12.1 Å². The third-order valence-corrected chi connectivity index (χ3v) is 8.60. The Hall–Kier alpha value is -4.08. The standard InChI is InChI=1S/C34H38F4N4O2/c35-25-14-16-31(29(37)19-25)39-33(43)41(27-10-3-1-4-11-27)21-23-8-7-9-24(18-23)22-42(28-12-5-2-6-13-28)34(44)40-32-17-15-26(36)20-30(32)38/h7-9,14-20,27-28H,1-6,10-13,21-22H2,(H,39,43)(H,40,44). The number of rotatable bonds is 8. The van der Waals surface area contributed by atoms with Crippen LogP contribution in [-0.4, -0.2) is 33.9 Å². The van der Waals surface area contributed by atoms with Crippen molar-refractivity contribution in [3.8, 4) is 0 Å². The lowest BCUT2D eigenvalue weighted by molar-refractivity contribution is 0.161. The molecule has 44 heavy (non-hydrogen) atoms. The number of carbonyl (C=O) groups is 2. The van der Waals surface area contributed by atoms with Crippen LogP contribution < -0.4 is 10.6 Å². The minimum Gasteiger partial charge on any atom is -0.317 e. The first-order valence-electron chi connectivity index (χ1n) is 15.4. The molecule has 0 saturated heterocycles. The predicted octanol–water partition coefficient (Wildman–Crippen LogP) is 8.98. The van der Waals surface area contributed by atoms with Crippen LogP contribution in [0.4, 0.5) is 38.5 Å². The van der Waals surface area contributed by atoms with E-state index in [1.54, 1.807) is 9.80 Å². The molecule has 0 unspecified atom stereocenters. The first-order valence-corrected chi connectivity index (χ1v) is 15.4. The number of nitrogens with zero attached hydrogens (tertiary/aromatic N) is 2. The third-order valence-electron chi connectivity index (χ3n) is 8.60. The van der Waals surface area contributed by atoms with Crippen molar-refractivity contribution in [3.05, 3.63) is 95.1 Å². The Morgan fingerprint density at radius 3 is 1.39 bits per heavy atom. The van der Waals surface area contributed by atoms with Crippen LogP contribution in [-0.2, 0) is 13.1 Å². The van der Waals surface area contributed by atoms with Crippen LogP contribution in [0.3, 0.4) is 0 Å². The smallest absolute Gasteiger partial charge is 0.317 e. The molecule has 2 N–H and O–H groups in total. The van der Waals surface area contributed by atoms with Gasteiger partial charge < -0.3 is 20.4 Å². The minimum atomic E-state index is -0.842. The van der Waals surface area contributed by atoms with Crippen molar-refractivity contribution in [2.24, 2.45) is 0 Å². The first-order chi connectivity index (χ1) is 21.3. The van der Waals surface area contributed by atoms with E-state index in [2.05, 4.69) is 10.6 Å². The molecule has 0 radical (unpaired) electrons. The number of carbonyl (C=O) groups excluding carboxylic acids is 2. The zero-order valence-corrected chi connectivity index (χ0v) is 24.6. The van der Waals surface area contributed by atoms with Crippen LogP contribution in [0.5, 0.6) is 0 Å². The molecule has 0 bridgehead atoms. The van der Waals surface area contributed by atoms with Crippen molar-refractivity contribution in [1.82, 2.24) is 9.80 Å². The first kappa shape index (κ1) is 31.3. The van der Waals surface area contributed by atoms with Gasteiger partial charge in [0.2, 0.25) is 0 Å². The lowest BCUT2D eigenvalue weighted by Gasteiger charge is -2.35. The van der Waals surface area contributed by atoms with Gasteiger partial charge in [-0.15, -0.1) is 0 Å². The van der Waals surface area contributed by atoms with Gasteiger partial charge in [0.15, 0.2) is 0 Å². The summed E-state index contributed by atoms with van der Waals surface area (Å²) in [5.41, 5.74) is 1.52. The maximum atomic E-state index is 14.4. The zero-order chi connectivity index (χ0) is 31.1. The molecule has 0 heterocycles. The van der Waals surface area contributed by atoms with Crippen molar-refractivity contribution in [2.75, 3.05) is 10.6 Å². The maximum absolute atomic E-state index is 14.4. The number of hydrogen-bond acceptors (Lipinski definition) is 2. The topological polar surface area (TPSA) is 64.7 Å². The van der Waals surface area contributed by atoms with Crippen LogP contribution in [0.1, 0.15) is 75.3 Å². The van der Waals surface area contributed by atoms with Crippen molar-refractivity contribution in [2.45, 2.75) is 89.4 Å². The lowest BCUT2D eigenvalue weighted by atomic mass is 9.93. The normalized spacial score (nSPS) is 15.9. The van der Waals surface area contributed by atoms with Crippen LogP contribution in [0, 0.1) is 23.3 Å². The highest BCUT2D eigenvalue weighted by Crippen LogP contribution is 2.28. The van der Waals surface area contributed by atoms with Gasteiger partial charge in [-0.1, -0.05) is 62.8 Å². The van der Waals surface area contributed by atoms with Crippen LogP contribution in [0.25, 0.3) is 0 Å². The predicted molar refractivity (Wildman–Crippen MR) is 162 cm³/mol. The van der Waals surface area contributed by atoms with E-state index < -0.39 is 35.3 Å². The van der Waals surface area contributed by atoms with E-state index in [0.29, 0.717) is 0 Å². The third kappa shape index (κ3) is 8.09. The van der Waals surface area contributed by atoms with Crippen LogP contribution >= 0.6 is 0 Å². The summed E-state index contributed by atoms with van der Waals surface area (Å²) in [6.45, 7) is 0.535. The Bertz CT molecular complexity index is 1350. The molecule has 6 nitrogen and oxygen atoms in total. The maximum Gasteiger partial charge on any atom is 0.322 e. The SMILES string of the molecule is O=C(Nc1ccc(F)cc1F)N(Cc1cccc(CN(C(=O)Nc2ccc(F)cc2F)C2CCCCC2)c1)C1CCCCC1. The minimum absolute atomic E-state index is 0.0361. The fourth-order valence-electron chi connectivity index (χ4n) is 6.29. The summed E-state index contributed by atoms with van der Waals surface area (Å²) < 4.78 is 55.6. The molecule has 0 spiro atoms. The molecule has 2 aliphatic rings. The van der Waals surface area contributed by atoms with Gasteiger partial charge in [0.1, 0.15) is 23.3 Å². The van der Waals surface area contributed by atoms with Crippen molar-refractivity contribution in [3.63, 3.8) is 0 Å². The molecule has 3 aromatic carbocycles. The van der Waals surface area contributed by atoms with E-state index in [4.69, 9.17) is 0 Å². The van der Waals surface area contributed by atoms with Gasteiger partial charge in [0.05, 0.1) is 11.4 Å². The number of hydrogen-bond donors (Lipinski definition) is 2. The summed E-state index contributed by atoms with van der Waals surface area (Å²) >= 11 is 0. The lowest BCUT2D eigenvalue weighted by Crippen LogP contribution is -2.44. The second-order valence-corrected chi connectivity index (χ2v) is 11.8. The highest BCUT2D eigenvalue weighted by molar-refractivity contribution is 5.90. The Morgan fingerprint density at radius 2 is 1.00 bits per heavy atom. The highest BCUT2D eigenvalue weighted by atomic mass is 19.1. The van der Waals surface area contributed by atoms with Crippen LogP contribution in [0.2, 0.25) is 0 Å². The van der Waals surface area contributed by atoms with E-state index in [0.717, 1.165) is 99.6 Å². The largest absolute Gasteiger partial charge is 0.322 e. The molecule has 0 aliphatic heterocycles. The van der Waals surface area contributed by atoms with Gasteiger partial charge in [0.25, 0.3) is 0 Å². The van der Waals surface area contributed by atoms with Crippen molar-refractivity contribution >= 4 is 23.4 Å². The summed E-state index contributed by atoms with van der Waals surface area (Å²) in [5, 5.41) is 5.24. The van der Waals surface area contributed by atoms with Gasteiger partial charge in [-0.05, 0) is 61.1 Å². The Balaban J connectivity index is 1.35. The Kier molecular flexibility index (Phi) is 10.4. The zero-order valence-electron chi connectivity index (χ0n) is 24.6. The van der Waals surface area contributed by atoms with Crippen molar-refractivity contribution in [1.29, 1.82) is 0 Å². The number of nitrogens with one attached hydrogen (secondary N) is 2. The average molecular weight is 611 g/mol. The quantitative estimate of drug-likeness (QED) is 0.250. The van der Waals surface area contributed by atoms with E-state index in [-0.39, 0.29) is 36.5 Å². The summed E-state index contributed by atoms with van der Waals surface area (Å²) in [6.07, 6.45) is 9.44. The molecule has 3 aromatic rings. The molecule has 4 amide bonds. The number of urea groups is 2. The Morgan fingerprint density at radius 1 is 0.591 bits per heavy atom. The molecule has 10 heteroatoms. The molecule has 234 valence electrons.